The molecule has 6 heteroatoms. The zero-order chi connectivity index (χ0) is 18.8. The molecule has 2 heterocycles. The quantitative estimate of drug-likeness (QED) is 0.765. The standard InChI is InChI=1S/C21H18N4O2/c22-9-10-27-17-7-5-14(6-8-17)18-13-25(16-3-1-2-4-16)20-15(11-23)12-24-21(26)19(18)20/h5-8,12-13,16H,1-4,10H2,(H,24,26). The van der Waals surface area contributed by atoms with Crippen LogP contribution in [0.3, 0.4) is 0 Å². The smallest absolute Gasteiger partial charge is 0.258 e. The highest BCUT2D eigenvalue weighted by Crippen LogP contribution is 2.37. The molecule has 1 aromatic carbocycles. The van der Waals surface area contributed by atoms with Gasteiger partial charge in [0.2, 0.25) is 0 Å². The summed E-state index contributed by atoms with van der Waals surface area (Å²) in [5.74, 6) is 0.603. The predicted octanol–water partition coefficient (Wildman–Crippen LogP) is 3.89. The van der Waals surface area contributed by atoms with Gasteiger partial charge in [-0.1, -0.05) is 25.0 Å². The maximum Gasteiger partial charge on any atom is 0.258 e. The molecule has 1 N–H and O–H groups in total. The van der Waals surface area contributed by atoms with Crippen LogP contribution in [0.1, 0.15) is 37.3 Å². The Morgan fingerprint density at radius 2 is 1.93 bits per heavy atom. The fourth-order valence-electron chi connectivity index (χ4n) is 3.93. The lowest BCUT2D eigenvalue weighted by Gasteiger charge is -2.13. The molecule has 3 aromatic rings. The van der Waals surface area contributed by atoms with Crippen molar-refractivity contribution in [3.63, 3.8) is 0 Å². The fourth-order valence-corrected chi connectivity index (χ4v) is 3.93. The summed E-state index contributed by atoms with van der Waals surface area (Å²) >= 11 is 0. The van der Waals surface area contributed by atoms with E-state index in [1.807, 2.05) is 24.4 Å². The lowest BCUT2D eigenvalue weighted by Crippen LogP contribution is -2.09. The van der Waals surface area contributed by atoms with Crippen molar-refractivity contribution < 1.29 is 4.74 Å². The van der Waals surface area contributed by atoms with Gasteiger partial charge in [-0.3, -0.25) is 4.79 Å². The zero-order valence-electron chi connectivity index (χ0n) is 14.7. The normalized spacial score (nSPS) is 14.1. The van der Waals surface area contributed by atoms with Crippen LogP contribution in [0.2, 0.25) is 0 Å². The van der Waals surface area contributed by atoms with Gasteiger partial charge in [0.25, 0.3) is 5.56 Å². The summed E-state index contributed by atoms with van der Waals surface area (Å²) in [6.45, 7) is -0.00840. The average molecular weight is 358 g/mol. The Hall–Kier alpha value is -3.51. The molecule has 6 nitrogen and oxygen atoms in total. The number of ether oxygens (including phenoxy) is 1. The van der Waals surface area contributed by atoms with E-state index in [9.17, 15) is 10.1 Å². The van der Waals surface area contributed by atoms with Gasteiger partial charge in [0, 0.05) is 24.0 Å². The van der Waals surface area contributed by atoms with Gasteiger partial charge in [-0.15, -0.1) is 0 Å². The molecule has 4 rings (SSSR count). The zero-order valence-corrected chi connectivity index (χ0v) is 14.7. The number of nitrogens with zero attached hydrogens (tertiary/aromatic N) is 3. The van der Waals surface area contributed by atoms with Crippen LogP contribution in [0, 0.1) is 22.7 Å². The van der Waals surface area contributed by atoms with E-state index in [-0.39, 0.29) is 12.2 Å². The van der Waals surface area contributed by atoms with Gasteiger partial charge in [0.15, 0.2) is 6.61 Å². The van der Waals surface area contributed by atoms with Gasteiger partial charge in [-0.25, -0.2) is 0 Å². The molecular weight excluding hydrogens is 340 g/mol. The monoisotopic (exact) mass is 358 g/mol. The molecule has 0 aliphatic heterocycles. The third-order valence-corrected chi connectivity index (χ3v) is 5.17. The third-order valence-electron chi connectivity index (χ3n) is 5.17. The number of fused-ring (bicyclic) bond motifs is 1. The second-order valence-electron chi connectivity index (χ2n) is 6.73. The molecule has 0 unspecified atom stereocenters. The number of nitrogens with one attached hydrogen (secondary N) is 1. The lowest BCUT2D eigenvalue weighted by atomic mass is 10.0. The van der Waals surface area contributed by atoms with E-state index in [0.717, 1.165) is 36.8 Å². The Bertz CT molecular complexity index is 1120. The number of aromatic amines is 1. The van der Waals surface area contributed by atoms with Crippen molar-refractivity contribution >= 4 is 10.9 Å². The van der Waals surface area contributed by atoms with Crippen molar-refractivity contribution in [3.8, 4) is 29.0 Å². The van der Waals surface area contributed by atoms with E-state index in [4.69, 9.17) is 10.00 Å². The van der Waals surface area contributed by atoms with Crippen molar-refractivity contribution in [2.24, 2.45) is 0 Å². The molecule has 0 amide bonds. The summed E-state index contributed by atoms with van der Waals surface area (Å²) < 4.78 is 7.42. The topological polar surface area (TPSA) is 94.6 Å². The maximum atomic E-state index is 12.6. The first kappa shape index (κ1) is 16.9. The highest BCUT2D eigenvalue weighted by atomic mass is 16.5. The average Bonchev–Trinajstić information content (AvgIpc) is 3.35. The number of hydrogen-bond acceptors (Lipinski definition) is 4. The molecule has 1 fully saturated rings. The van der Waals surface area contributed by atoms with Crippen LogP contribution in [-0.2, 0) is 0 Å². The van der Waals surface area contributed by atoms with Crippen LogP contribution in [0.4, 0.5) is 0 Å². The van der Waals surface area contributed by atoms with Crippen LogP contribution in [0.15, 0.2) is 41.5 Å². The summed E-state index contributed by atoms with van der Waals surface area (Å²) in [5, 5.41) is 18.7. The number of benzene rings is 1. The van der Waals surface area contributed by atoms with Gasteiger partial charge in [0.05, 0.1) is 16.5 Å². The molecule has 0 bridgehead atoms. The first-order valence-electron chi connectivity index (χ1n) is 8.99. The molecule has 2 aromatic heterocycles. The second-order valence-corrected chi connectivity index (χ2v) is 6.73. The number of hydrogen-bond donors (Lipinski definition) is 1. The van der Waals surface area contributed by atoms with E-state index in [2.05, 4.69) is 15.6 Å². The SMILES string of the molecule is N#CCOc1ccc(-c2cn(C3CCCC3)c3c(C#N)c[nH]c(=O)c23)cc1. The first-order chi connectivity index (χ1) is 13.2. The van der Waals surface area contributed by atoms with Gasteiger partial charge >= 0.3 is 0 Å². The summed E-state index contributed by atoms with van der Waals surface area (Å²) in [5.41, 5.74) is 2.69. The van der Waals surface area contributed by atoms with Gasteiger partial charge in [-0.05, 0) is 30.5 Å². The van der Waals surface area contributed by atoms with Crippen LogP contribution in [0.5, 0.6) is 5.75 Å². The highest BCUT2D eigenvalue weighted by Gasteiger charge is 2.24. The van der Waals surface area contributed by atoms with E-state index in [0.29, 0.717) is 28.3 Å². The Morgan fingerprint density at radius 3 is 2.59 bits per heavy atom. The second kappa shape index (κ2) is 7.01. The molecule has 0 spiro atoms. The highest BCUT2D eigenvalue weighted by molar-refractivity contribution is 5.98. The van der Waals surface area contributed by atoms with Crippen LogP contribution >= 0.6 is 0 Å². The fraction of sp³-hybridized carbons (Fsp3) is 0.286. The minimum Gasteiger partial charge on any atom is -0.479 e. The molecule has 1 saturated carbocycles. The predicted molar refractivity (Wildman–Crippen MR) is 101 cm³/mol. The van der Waals surface area contributed by atoms with Gasteiger partial charge in [-0.2, -0.15) is 10.5 Å². The summed E-state index contributed by atoms with van der Waals surface area (Å²) in [6, 6.07) is 11.8. The Kier molecular flexibility index (Phi) is 4.40. The summed E-state index contributed by atoms with van der Waals surface area (Å²) in [6.07, 6.45) is 7.94. The number of nitriles is 2. The van der Waals surface area contributed by atoms with Crippen molar-refractivity contribution in [1.29, 1.82) is 10.5 Å². The largest absolute Gasteiger partial charge is 0.479 e. The molecule has 0 saturated heterocycles. The van der Waals surface area contributed by atoms with E-state index in [1.165, 1.54) is 6.20 Å². The Balaban J connectivity index is 1.89. The van der Waals surface area contributed by atoms with E-state index < -0.39 is 0 Å². The molecular formula is C21H18N4O2. The molecule has 0 atom stereocenters. The van der Waals surface area contributed by atoms with Gasteiger partial charge in [0.1, 0.15) is 17.9 Å². The van der Waals surface area contributed by atoms with Crippen molar-refractivity contribution in [1.82, 2.24) is 9.55 Å². The minimum absolute atomic E-state index is 0.00840. The molecule has 0 radical (unpaired) electrons. The van der Waals surface area contributed by atoms with Crippen LogP contribution < -0.4 is 10.3 Å². The first-order valence-corrected chi connectivity index (χ1v) is 8.99. The van der Waals surface area contributed by atoms with Crippen LogP contribution in [0.25, 0.3) is 22.0 Å². The van der Waals surface area contributed by atoms with Crippen LogP contribution in [-0.4, -0.2) is 16.2 Å². The summed E-state index contributed by atoms with van der Waals surface area (Å²) in [4.78, 5) is 15.3. The lowest BCUT2D eigenvalue weighted by molar-refractivity contribution is 0.368. The number of aromatic nitrogens is 2. The third kappa shape index (κ3) is 2.96. The van der Waals surface area contributed by atoms with Crippen molar-refractivity contribution in [2.75, 3.05) is 6.61 Å². The minimum atomic E-state index is -0.194. The molecule has 134 valence electrons. The molecule has 1 aliphatic carbocycles. The van der Waals surface area contributed by atoms with Crippen molar-refractivity contribution in [3.05, 3.63) is 52.6 Å². The summed E-state index contributed by atoms with van der Waals surface area (Å²) in [7, 11) is 0. The Labute approximate surface area is 156 Å². The molecule has 1 aliphatic rings. The van der Waals surface area contributed by atoms with Gasteiger partial charge < -0.3 is 14.3 Å². The van der Waals surface area contributed by atoms with E-state index >= 15 is 0 Å². The number of rotatable bonds is 4. The number of H-pyrrole nitrogens is 1. The number of pyridine rings is 1. The molecule has 27 heavy (non-hydrogen) atoms. The van der Waals surface area contributed by atoms with E-state index in [1.54, 1.807) is 12.1 Å². The Morgan fingerprint density at radius 1 is 1.19 bits per heavy atom. The maximum absolute atomic E-state index is 12.6. The van der Waals surface area contributed by atoms with Crippen molar-refractivity contribution in [2.45, 2.75) is 31.7 Å².